The van der Waals surface area contributed by atoms with Gasteiger partial charge < -0.3 is 15.4 Å². The molecule has 0 bridgehead atoms. The Morgan fingerprint density at radius 2 is 1.64 bits per heavy atom. The van der Waals surface area contributed by atoms with E-state index in [1.807, 2.05) is 24.3 Å². The van der Waals surface area contributed by atoms with E-state index >= 15 is 0 Å². The SMILES string of the molecule is CCOC(=O)c1ccccc1NCC(=O)Nc1ccccc1C(C)C. The Hall–Kier alpha value is -2.82. The van der Waals surface area contributed by atoms with Crippen molar-refractivity contribution in [1.29, 1.82) is 0 Å². The zero-order valence-corrected chi connectivity index (χ0v) is 14.8. The molecule has 2 rings (SSSR count). The first-order chi connectivity index (χ1) is 12.0. The zero-order chi connectivity index (χ0) is 18.2. The molecule has 25 heavy (non-hydrogen) atoms. The Bertz CT molecular complexity index is 741. The quantitative estimate of drug-likeness (QED) is 0.747. The zero-order valence-electron chi connectivity index (χ0n) is 14.8. The minimum atomic E-state index is -0.406. The molecular formula is C20H24N2O3. The van der Waals surface area contributed by atoms with Crippen LogP contribution in [0.5, 0.6) is 0 Å². The van der Waals surface area contributed by atoms with E-state index in [9.17, 15) is 9.59 Å². The highest BCUT2D eigenvalue weighted by molar-refractivity contribution is 5.98. The van der Waals surface area contributed by atoms with Gasteiger partial charge in [-0.2, -0.15) is 0 Å². The average molecular weight is 340 g/mol. The van der Waals surface area contributed by atoms with Crippen molar-refractivity contribution in [2.24, 2.45) is 0 Å². The number of carbonyl (C=O) groups is 2. The molecule has 0 aromatic heterocycles. The van der Waals surface area contributed by atoms with E-state index in [1.54, 1.807) is 31.2 Å². The molecule has 0 saturated carbocycles. The topological polar surface area (TPSA) is 67.4 Å². The van der Waals surface area contributed by atoms with Crippen molar-refractivity contribution >= 4 is 23.3 Å². The Balaban J connectivity index is 2.03. The van der Waals surface area contributed by atoms with Crippen LogP contribution < -0.4 is 10.6 Å². The highest BCUT2D eigenvalue weighted by atomic mass is 16.5. The number of amides is 1. The van der Waals surface area contributed by atoms with Crippen LogP contribution in [0.4, 0.5) is 11.4 Å². The van der Waals surface area contributed by atoms with Gasteiger partial charge in [-0.1, -0.05) is 44.2 Å². The van der Waals surface area contributed by atoms with Crippen LogP contribution in [0.25, 0.3) is 0 Å². The highest BCUT2D eigenvalue weighted by Gasteiger charge is 2.13. The minimum Gasteiger partial charge on any atom is -0.462 e. The van der Waals surface area contributed by atoms with Crippen LogP contribution >= 0.6 is 0 Å². The largest absolute Gasteiger partial charge is 0.462 e. The monoisotopic (exact) mass is 340 g/mol. The highest BCUT2D eigenvalue weighted by Crippen LogP contribution is 2.23. The predicted octanol–water partition coefficient (Wildman–Crippen LogP) is 4.04. The first-order valence-corrected chi connectivity index (χ1v) is 8.41. The number of rotatable bonds is 7. The number of nitrogens with one attached hydrogen (secondary N) is 2. The van der Waals surface area contributed by atoms with E-state index in [0.29, 0.717) is 23.8 Å². The minimum absolute atomic E-state index is 0.0584. The molecular weight excluding hydrogens is 316 g/mol. The van der Waals surface area contributed by atoms with Crippen LogP contribution in [0.1, 0.15) is 42.6 Å². The lowest BCUT2D eigenvalue weighted by Crippen LogP contribution is -2.23. The van der Waals surface area contributed by atoms with Gasteiger partial charge in [0.25, 0.3) is 0 Å². The fraction of sp³-hybridized carbons (Fsp3) is 0.300. The molecule has 1 amide bonds. The Labute approximate surface area is 148 Å². The van der Waals surface area contributed by atoms with Gasteiger partial charge >= 0.3 is 5.97 Å². The molecule has 0 heterocycles. The smallest absolute Gasteiger partial charge is 0.340 e. The van der Waals surface area contributed by atoms with Gasteiger partial charge in [-0.05, 0) is 36.6 Å². The fourth-order valence-electron chi connectivity index (χ4n) is 2.51. The van der Waals surface area contributed by atoms with E-state index in [1.165, 1.54) is 0 Å². The molecule has 2 aromatic rings. The molecule has 0 aliphatic carbocycles. The maximum Gasteiger partial charge on any atom is 0.340 e. The Morgan fingerprint density at radius 1 is 1.00 bits per heavy atom. The normalized spacial score (nSPS) is 10.4. The van der Waals surface area contributed by atoms with Crippen molar-refractivity contribution in [2.45, 2.75) is 26.7 Å². The Kier molecular flexibility index (Phi) is 6.57. The summed E-state index contributed by atoms with van der Waals surface area (Å²) in [5.74, 6) is -0.267. The number of esters is 1. The van der Waals surface area contributed by atoms with Crippen LogP contribution in [0.2, 0.25) is 0 Å². The number of hydrogen-bond donors (Lipinski definition) is 2. The molecule has 0 fully saturated rings. The number of carbonyl (C=O) groups excluding carboxylic acids is 2. The van der Waals surface area contributed by atoms with E-state index in [-0.39, 0.29) is 12.5 Å². The third-order valence-corrected chi connectivity index (χ3v) is 3.72. The summed E-state index contributed by atoms with van der Waals surface area (Å²) in [5, 5.41) is 5.93. The van der Waals surface area contributed by atoms with Crippen LogP contribution in [0.15, 0.2) is 48.5 Å². The van der Waals surface area contributed by atoms with Crippen LogP contribution in [0.3, 0.4) is 0 Å². The van der Waals surface area contributed by atoms with E-state index < -0.39 is 5.97 Å². The number of anilines is 2. The van der Waals surface area contributed by atoms with Crippen LogP contribution in [-0.4, -0.2) is 25.0 Å². The first-order valence-electron chi connectivity index (χ1n) is 8.41. The van der Waals surface area contributed by atoms with Gasteiger partial charge in [0.2, 0.25) is 5.91 Å². The van der Waals surface area contributed by atoms with Gasteiger partial charge in [0.05, 0.1) is 18.7 Å². The molecule has 2 N–H and O–H groups in total. The molecule has 0 saturated heterocycles. The predicted molar refractivity (Wildman–Crippen MR) is 100 cm³/mol. The molecule has 2 aromatic carbocycles. The molecule has 0 unspecified atom stereocenters. The summed E-state index contributed by atoms with van der Waals surface area (Å²) in [6, 6.07) is 14.7. The second-order valence-electron chi connectivity index (χ2n) is 5.91. The maximum absolute atomic E-state index is 12.3. The fourth-order valence-corrected chi connectivity index (χ4v) is 2.51. The second-order valence-corrected chi connectivity index (χ2v) is 5.91. The maximum atomic E-state index is 12.3. The number of benzene rings is 2. The number of hydrogen-bond acceptors (Lipinski definition) is 4. The van der Waals surface area contributed by atoms with Crippen LogP contribution in [0, 0.1) is 0 Å². The lowest BCUT2D eigenvalue weighted by molar-refractivity contribution is -0.114. The molecule has 0 aliphatic heterocycles. The van der Waals surface area contributed by atoms with E-state index in [0.717, 1.165) is 11.3 Å². The molecule has 0 aliphatic rings. The van der Waals surface area contributed by atoms with Crippen molar-refractivity contribution in [3.8, 4) is 0 Å². The third-order valence-electron chi connectivity index (χ3n) is 3.72. The molecule has 132 valence electrons. The summed E-state index contributed by atoms with van der Waals surface area (Å²) in [4.78, 5) is 24.2. The lowest BCUT2D eigenvalue weighted by atomic mass is 10.0. The van der Waals surface area contributed by atoms with Gasteiger partial charge in [0, 0.05) is 11.4 Å². The van der Waals surface area contributed by atoms with Gasteiger partial charge in [-0.15, -0.1) is 0 Å². The summed E-state index contributed by atoms with van der Waals surface area (Å²) in [6.45, 7) is 6.29. The number of ether oxygens (including phenoxy) is 1. The molecule has 0 spiro atoms. The summed E-state index contributed by atoms with van der Waals surface area (Å²) in [6.07, 6.45) is 0. The van der Waals surface area contributed by atoms with Crippen molar-refractivity contribution in [1.82, 2.24) is 0 Å². The molecule has 5 heteroatoms. The standard InChI is InChI=1S/C20H24N2O3/c1-4-25-20(24)16-10-6-7-11-17(16)21-13-19(23)22-18-12-8-5-9-15(18)14(2)3/h5-12,14,21H,4,13H2,1-3H3,(H,22,23). The van der Waals surface area contributed by atoms with Crippen molar-refractivity contribution < 1.29 is 14.3 Å². The van der Waals surface area contributed by atoms with Crippen molar-refractivity contribution in [3.05, 3.63) is 59.7 Å². The molecule has 0 radical (unpaired) electrons. The van der Waals surface area contributed by atoms with Crippen molar-refractivity contribution in [2.75, 3.05) is 23.8 Å². The summed E-state index contributed by atoms with van der Waals surface area (Å²) < 4.78 is 5.03. The van der Waals surface area contributed by atoms with Gasteiger partial charge in [0.15, 0.2) is 0 Å². The second kappa shape index (κ2) is 8.87. The number of para-hydroxylation sites is 2. The summed E-state index contributed by atoms with van der Waals surface area (Å²) >= 11 is 0. The van der Waals surface area contributed by atoms with Gasteiger partial charge in [-0.25, -0.2) is 4.79 Å². The lowest BCUT2D eigenvalue weighted by Gasteiger charge is -2.15. The molecule has 0 atom stereocenters. The van der Waals surface area contributed by atoms with E-state index in [2.05, 4.69) is 24.5 Å². The third kappa shape index (κ3) is 5.08. The summed E-state index contributed by atoms with van der Waals surface area (Å²) in [5.41, 5.74) is 2.89. The van der Waals surface area contributed by atoms with Crippen LogP contribution in [-0.2, 0) is 9.53 Å². The van der Waals surface area contributed by atoms with E-state index in [4.69, 9.17) is 4.74 Å². The summed E-state index contributed by atoms with van der Waals surface area (Å²) in [7, 11) is 0. The van der Waals surface area contributed by atoms with Gasteiger partial charge in [0.1, 0.15) is 0 Å². The van der Waals surface area contributed by atoms with Gasteiger partial charge in [-0.3, -0.25) is 4.79 Å². The Morgan fingerprint density at radius 3 is 2.32 bits per heavy atom. The van der Waals surface area contributed by atoms with Crippen molar-refractivity contribution in [3.63, 3.8) is 0 Å². The molecule has 5 nitrogen and oxygen atoms in total. The average Bonchev–Trinajstić information content (AvgIpc) is 2.60. The first kappa shape index (κ1) is 18.5.